The molecule has 0 spiro atoms. The maximum absolute atomic E-state index is 12.8. The highest BCUT2D eigenvalue weighted by atomic mass is 16.6. The lowest BCUT2D eigenvalue weighted by molar-refractivity contribution is -0.386. The normalized spacial score (nSPS) is 10.7. The van der Waals surface area contributed by atoms with Crippen LogP contribution in [0.3, 0.4) is 0 Å². The molecule has 0 fully saturated rings. The zero-order valence-electron chi connectivity index (χ0n) is 19.3. The molecule has 1 aromatic heterocycles. The van der Waals surface area contributed by atoms with Gasteiger partial charge in [-0.25, -0.2) is 15.4 Å². The second-order valence-electron chi connectivity index (χ2n) is 7.99. The van der Waals surface area contributed by atoms with Crippen molar-refractivity contribution in [2.75, 3.05) is 6.61 Å². The molecule has 0 unspecified atom stereocenters. The van der Waals surface area contributed by atoms with Gasteiger partial charge in [0.05, 0.1) is 23.4 Å². The van der Waals surface area contributed by atoms with Gasteiger partial charge in [-0.3, -0.25) is 20.3 Å². The average Bonchev–Trinajstić information content (AvgIpc) is 3.33. The molecule has 36 heavy (non-hydrogen) atoms. The highest BCUT2D eigenvalue weighted by Crippen LogP contribution is 2.33. The van der Waals surface area contributed by atoms with Gasteiger partial charge in [-0.05, 0) is 48.2 Å². The summed E-state index contributed by atoms with van der Waals surface area (Å²) >= 11 is 0. The molecule has 188 valence electrons. The number of nitrogen functional groups attached to an aromatic ring is 1. The number of furan rings is 1. The zero-order valence-corrected chi connectivity index (χ0v) is 19.3. The van der Waals surface area contributed by atoms with E-state index in [1.165, 1.54) is 12.3 Å². The molecular weight excluding hydrogens is 474 g/mol. The summed E-state index contributed by atoms with van der Waals surface area (Å²) in [6.45, 7) is 4.66. The molecule has 1 amide bonds. The first kappa shape index (κ1) is 25.9. The lowest BCUT2D eigenvalue weighted by atomic mass is 10.0. The fraction of sp³-hybridized carbons (Fsp3) is 0.208. The van der Waals surface area contributed by atoms with Crippen LogP contribution in [-0.4, -0.2) is 34.5 Å². The molecule has 12 heteroatoms. The number of nitro groups is 1. The van der Waals surface area contributed by atoms with E-state index in [2.05, 4.69) is 13.8 Å². The average molecular weight is 497 g/mol. The summed E-state index contributed by atoms with van der Waals surface area (Å²) in [5.41, 5.74) is -0.0950. The van der Waals surface area contributed by atoms with Crippen LogP contribution in [0.25, 0.3) is 11.1 Å². The first-order chi connectivity index (χ1) is 17.1. The van der Waals surface area contributed by atoms with Gasteiger partial charge in [0.15, 0.2) is 5.75 Å². The van der Waals surface area contributed by atoms with Crippen molar-refractivity contribution in [1.82, 2.24) is 5.43 Å². The number of carbonyl (C=O) groups is 3. The summed E-state index contributed by atoms with van der Waals surface area (Å²) < 4.78 is 15.8. The number of carbonyl (C=O) groups excluding carboxylic acids is 3. The number of hydrogen-bond donors (Lipinski definition) is 3. The third-order valence-electron chi connectivity index (χ3n) is 5.06. The Bertz CT molecular complexity index is 1310. The van der Waals surface area contributed by atoms with E-state index in [1.807, 2.05) is 0 Å². The molecule has 0 radical (unpaired) electrons. The molecule has 4 N–H and O–H groups in total. The third kappa shape index (κ3) is 5.67. The molecular formula is C24H23N3O9. The van der Waals surface area contributed by atoms with E-state index in [-0.39, 0.29) is 5.76 Å². The van der Waals surface area contributed by atoms with Gasteiger partial charge in [-0.2, -0.15) is 0 Å². The smallest absolute Gasteiger partial charge is 0.382 e. The van der Waals surface area contributed by atoms with Crippen molar-refractivity contribution >= 4 is 23.5 Å². The molecule has 1 heterocycles. The Morgan fingerprint density at radius 2 is 1.92 bits per heavy atom. The number of ether oxygens (including phenoxy) is 2. The second kappa shape index (κ2) is 11.1. The molecule has 3 rings (SSSR count). The lowest BCUT2D eigenvalue weighted by Gasteiger charge is -2.10. The summed E-state index contributed by atoms with van der Waals surface area (Å²) in [6, 6.07) is 10.1. The maximum Gasteiger partial charge on any atom is 0.382 e. The number of hydrazine groups is 1. The Kier molecular flexibility index (Phi) is 8.02. The van der Waals surface area contributed by atoms with Crippen molar-refractivity contribution in [3.63, 3.8) is 0 Å². The number of nitrogens with one attached hydrogen (secondary N) is 1. The molecule has 0 saturated heterocycles. The van der Waals surface area contributed by atoms with Gasteiger partial charge in [-0.1, -0.05) is 26.0 Å². The number of rotatable bonds is 9. The fourth-order valence-electron chi connectivity index (χ4n) is 3.28. The van der Waals surface area contributed by atoms with Gasteiger partial charge in [0, 0.05) is 5.56 Å². The van der Waals surface area contributed by atoms with E-state index in [4.69, 9.17) is 19.7 Å². The fourth-order valence-corrected chi connectivity index (χ4v) is 3.28. The van der Waals surface area contributed by atoms with E-state index < -0.39 is 45.3 Å². The first-order valence-electron chi connectivity index (χ1n) is 10.7. The predicted molar refractivity (Wildman–Crippen MR) is 125 cm³/mol. The van der Waals surface area contributed by atoms with Crippen LogP contribution in [0.2, 0.25) is 0 Å². The number of nitro benzene ring substituents is 1. The maximum atomic E-state index is 12.8. The minimum absolute atomic E-state index is 0.304. The van der Waals surface area contributed by atoms with Gasteiger partial charge in [-0.15, -0.1) is 0 Å². The van der Waals surface area contributed by atoms with Crippen molar-refractivity contribution in [3.05, 3.63) is 75.7 Å². The monoisotopic (exact) mass is 497 g/mol. The van der Waals surface area contributed by atoms with E-state index in [0.717, 1.165) is 18.6 Å². The Labute approximate surface area is 204 Å². The van der Waals surface area contributed by atoms with E-state index >= 15 is 0 Å². The standard InChI is InChI=1S/C24H23N3O9/c1-13(2)8-10-34-15-5-3-4-14(12-15)16-9-11-35-21(16)24(31)36-23(30)17-6-7-18(28)20(27(32)33)19(17)22(29)26-25/h3-7,9,11-13,28H,8,10,25H2,1-2H3,(H,26,29). The molecule has 0 atom stereocenters. The first-order valence-corrected chi connectivity index (χ1v) is 10.7. The van der Waals surface area contributed by atoms with Gasteiger partial charge in [0.25, 0.3) is 5.91 Å². The van der Waals surface area contributed by atoms with Crippen molar-refractivity contribution in [2.24, 2.45) is 11.8 Å². The van der Waals surface area contributed by atoms with Gasteiger partial charge in [0.2, 0.25) is 5.76 Å². The lowest BCUT2D eigenvalue weighted by Crippen LogP contribution is -2.32. The van der Waals surface area contributed by atoms with Crippen LogP contribution in [-0.2, 0) is 4.74 Å². The topological polar surface area (TPSA) is 184 Å². The summed E-state index contributed by atoms with van der Waals surface area (Å²) in [4.78, 5) is 47.9. The molecule has 0 aliphatic rings. The second-order valence-corrected chi connectivity index (χ2v) is 7.99. The Hall–Kier alpha value is -4.71. The largest absolute Gasteiger partial charge is 0.502 e. The zero-order chi connectivity index (χ0) is 26.4. The summed E-state index contributed by atoms with van der Waals surface area (Å²) in [5, 5.41) is 21.2. The quantitative estimate of drug-likeness (QED) is 0.0985. The van der Waals surface area contributed by atoms with Gasteiger partial charge in [0.1, 0.15) is 11.3 Å². The van der Waals surface area contributed by atoms with Crippen LogP contribution in [0.15, 0.2) is 53.1 Å². The summed E-state index contributed by atoms with van der Waals surface area (Å²) in [7, 11) is 0. The molecule has 0 aliphatic heterocycles. The number of amides is 1. The molecule has 0 aliphatic carbocycles. The van der Waals surface area contributed by atoms with Gasteiger partial charge >= 0.3 is 17.6 Å². The third-order valence-corrected chi connectivity index (χ3v) is 5.06. The molecule has 3 aromatic rings. The van der Waals surface area contributed by atoms with E-state index in [9.17, 15) is 29.6 Å². The Morgan fingerprint density at radius 1 is 1.17 bits per heavy atom. The number of nitrogens with zero attached hydrogens (tertiary/aromatic N) is 1. The molecule has 0 bridgehead atoms. The van der Waals surface area contributed by atoms with Crippen molar-refractivity contribution in [1.29, 1.82) is 0 Å². The Balaban J connectivity index is 1.88. The minimum atomic E-state index is -1.39. The molecule has 2 aromatic carbocycles. The van der Waals surface area contributed by atoms with Crippen molar-refractivity contribution < 1.29 is 38.3 Å². The van der Waals surface area contributed by atoms with E-state index in [1.54, 1.807) is 29.7 Å². The highest BCUT2D eigenvalue weighted by Gasteiger charge is 2.33. The molecule has 0 saturated carbocycles. The number of hydrogen-bond acceptors (Lipinski definition) is 10. The number of phenols is 1. The minimum Gasteiger partial charge on any atom is -0.502 e. The number of nitrogens with two attached hydrogens (primary N) is 1. The van der Waals surface area contributed by atoms with Crippen LogP contribution in [0, 0.1) is 16.0 Å². The van der Waals surface area contributed by atoms with Crippen LogP contribution in [0.5, 0.6) is 11.5 Å². The number of aromatic hydroxyl groups is 1. The van der Waals surface area contributed by atoms with E-state index in [0.29, 0.717) is 29.4 Å². The summed E-state index contributed by atoms with van der Waals surface area (Å²) in [5.74, 6) is 1.05. The highest BCUT2D eigenvalue weighted by molar-refractivity contribution is 6.12. The van der Waals surface area contributed by atoms with Crippen LogP contribution < -0.4 is 16.0 Å². The predicted octanol–water partition coefficient (Wildman–Crippen LogP) is 3.59. The SMILES string of the molecule is CC(C)CCOc1cccc(-c2ccoc2C(=O)OC(=O)c2ccc(O)c([N+](=O)[O-])c2C(=O)NN)c1. The summed E-state index contributed by atoms with van der Waals surface area (Å²) in [6.07, 6.45) is 2.08. The van der Waals surface area contributed by atoms with Crippen LogP contribution >= 0.6 is 0 Å². The number of esters is 2. The van der Waals surface area contributed by atoms with Crippen molar-refractivity contribution in [3.8, 4) is 22.6 Å². The van der Waals surface area contributed by atoms with Gasteiger partial charge < -0.3 is 19.0 Å². The Morgan fingerprint density at radius 3 is 2.58 bits per heavy atom. The number of benzene rings is 2. The number of phenolic OH excluding ortho intramolecular Hbond substituents is 1. The van der Waals surface area contributed by atoms with Crippen LogP contribution in [0.4, 0.5) is 5.69 Å². The molecule has 12 nitrogen and oxygen atoms in total. The van der Waals surface area contributed by atoms with Crippen molar-refractivity contribution in [2.45, 2.75) is 20.3 Å². The van der Waals surface area contributed by atoms with Crippen LogP contribution in [0.1, 0.15) is 51.5 Å².